The smallest absolute Gasteiger partial charge is 0.216 e. The number of ether oxygens (including phenoxy) is 1. The summed E-state index contributed by atoms with van der Waals surface area (Å²) in [5.74, 6) is -1.31. The molecule has 0 N–H and O–H groups in total. The van der Waals surface area contributed by atoms with E-state index in [9.17, 15) is 8.78 Å². The predicted octanol–water partition coefficient (Wildman–Crippen LogP) is 8.29. The van der Waals surface area contributed by atoms with Crippen molar-refractivity contribution >= 4 is 15.9 Å². The highest BCUT2D eigenvalue weighted by Gasteiger charge is 2.30. The molecule has 2 atom stereocenters. The first-order valence-electron chi connectivity index (χ1n) is 10.9. The summed E-state index contributed by atoms with van der Waals surface area (Å²) in [7, 11) is 1.58. The highest BCUT2D eigenvalue weighted by molar-refractivity contribution is 9.10. The maximum atomic E-state index is 14.3. The fourth-order valence-corrected chi connectivity index (χ4v) is 4.65. The van der Waals surface area contributed by atoms with Gasteiger partial charge in [-0.15, -0.1) is 6.58 Å². The van der Waals surface area contributed by atoms with Crippen LogP contribution in [0.15, 0.2) is 102 Å². The maximum Gasteiger partial charge on any atom is 0.216 e. The van der Waals surface area contributed by atoms with E-state index in [2.05, 4.69) is 33.6 Å². The Kier molecular flexibility index (Phi) is 7.53. The fraction of sp³-hybridized carbons (Fsp3) is 0.138. The van der Waals surface area contributed by atoms with Crippen LogP contribution in [0.3, 0.4) is 0 Å². The maximum absolute atomic E-state index is 14.3. The van der Waals surface area contributed by atoms with Gasteiger partial charge < -0.3 is 4.74 Å². The second-order valence-corrected chi connectivity index (χ2v) is 8.97. The molecule has 4 aromatic rings. The van der Waals surface area contributed by atoms with Crippen molar-refractivity contribution in [2.75, 3.05) is 7.11 Å². The largest absolute Gasteiger partial charge is 0.481 e. The van der Waals surface area contributed by atoms with Gasteiger partial charge in [0.15, 0.2) is 0 Å². The molecule has 0 saturated carbocycles. The van der Waals surface area contributed by atoms with Gasteiger partial charge in [0.05, 0.1) is 7.11 Å². The second-order valence-electron chi connectivity index (χ2n) is 8.05. The third-order valence-corrected chi connectivity index (χ3v) is 6.41. The summed E-state index contributed by atoms with van der Waals surface area (Å²) < 4.78 is 35.2. The first-order chi connectivity index (χ1) is 16.5. The number of benzene rings is 3. The molecule has 0 amide bonds. The molecule has 3 aromatic carbocycles. The summed E-state index contributed by atoms with van der Waals surface area (Å²) in [6, 6.07) is 23.6. The Labute approximate surface area is 207 Å². The molecule has 0 aliphatic heterocycles. The van der Waals surface area contributed by atoms with Crippen molar-refractivity contribution < 1.29 is 13.5 Å². The standard InChI is InChI=1S/C29H24BrF2NO/c1-3-7-26(21-14-24(31)17-25(32)15-21)28(20-8-5-4-6-9-20)27-16-22(18-33-29(27)34-2)19-10-12-23(30)13-11-19/h3-6,8-18,26,28H,1,7H2,2H3. The topological polar surface area (TPSA) is 22.1 Å². The Morgan fingerprint density at radius 1 is 0.912 bits per heavy atom. The normalized spacial score (nSPS) is 12.7. The van der Waals surface area contributed by atoms with E-state index < -0.39 is 11.6 Å². The van der Waals surface area contributed by atoms with Gasteiger partial charge in [-0.2, -0.15) is 0 Å². The zero-order valence-electron chi connectivity index (χ0n) is 18.7. The number of allylic oxidation sites excluding steroid dienone is 1. The van der Waals surface area contributed by atoms with E-state index in [0.717, 1.165) is 32.8 Å². The number of nitrogens with zero attached hydrogens (tertiary/aromatic N) is 1. The number of aromatic nitrogens is 1. The summed E-state index contributed by atoms with van der Waals surface area (Å²) in [6.07, 6.45) is 4.06. The van der Waals surface area contributed by atoms with Crippen LogP contribution in [-0.4, -0.2) is 12.1 Å². The van der Waals surface area contributed by atoms with Crippen LogP contribution in [0.1, 0.15) is 34.9 Å². The van der Waals surface area contributed by atoms with E-state index in [-0.39, 0.29) is 11.8 Å². The van der Waals surface area contributed by atoms with Crippen molar-refractivity contribution in [2.45, 2.75) is 18.3 Å². The van der Waals surface area contributed by atoms with Crippen LogP contribution >= 0.6 is 15.9 Å². The lowest BCUT2D eigenvalue weighted by Gasteiger charge is -2.29. The molecule has 0 aliphatic rings. The molecule has 0 radical (unpaired) electrons. The Hall–Kier alpha value is -3.31. The Morgan fingerprint density at radius 3 is 2.21 bits per heavy atom. The number of hydrogen-bond acceptors (Lipinski definition) is 2. The number of hydrogen-bond donors (Lipinski definition) is 0. The highest BCUT2D eigenvalue weighted by Crippen LogP contribution is 2.45. The molecule has 4 rings (SSSR count). The molecule has 1 heterocycles. The lowest BCUT2D eigenvalue weighted by Crippen LogP contribution is -2.15. The van der Waals surface area contributed by atoms with E-state index in [4.69, 9.17) is 4.74 Å². The van der Waals surface area contributed by atoms with Crippen molar-refractivity contribution in [1.82, 2.24) is 4.98 Å². The lowest BCUT2D eigenvalue weighted by molar-refractivity contribution is 0.387. The summed E-state index contributed by atoms with van der Waals surface area (Å²) in [4.78, 5) is 4.61. The van der Waals surface area contributed by atoms with Crippen LogP contribution in [0.5, 0.6) is 5.88 Å². The third kappa shape index (κ3) is 5.26. The van der Waals surface area contributed by atoms with Crippen LogP contribution in [-0.2, 0) is 0 Å². The van der Waals surface area contributed by atoms with Gasteiger partial charge in [0, 0.05) is 33.8 Å². The summed E-state index contributed by atoms with van der Waals surface area (Å²) >= 11 is 3.48. The van der Waals surface area contributed by atoms with Gasteiger partial charge >= 0.3 is 0 Å². The summed E-state index contributed by atoms with van der Waals surface area (Å²) in [5.41, 5.74) is 4.32. The van der Waals surface area contributed by atoms with E-state index >= 15 is 0 Å². The molecule has 0 bridgehead atoms. The SMILES string of the molecule is C=CCC(c1cc(F)cc(F)c1)C(c1ccccc1)c1cc(-c2ccc(Br)cc2)cnc1OC. The van der Waals surface area contributed by atoms with Gasteiger partial charge in [0.25, 0.3) is 0 Å². The van der Waals surface area contributed by atoms with Crippen LogP contribution < -0.4 is 4.74 Å². The van der Waals surface area contributed by atoms with Gasteiger partial charge in [0.2, 0.25) is 5.88 Å². The van der Waals surface area contributed by atoms with E-state index in [1.165, 1.54) is 12.1 Å². The van der Waals surface area contributed by atoms with Crippen molar-refractivity contribution in [3.63, 3.8) is 0 Å². The molecule has 0 fully saturated rings. The van der Waals surface area contributed by atoms with Crippen molar-refractivity contribution in [3.8, 4) is 17.0 Å². The van der Waals surface area contributed by atoms with E-state index in [1.807, 2.05) is 54.6 Å². The first-order valence-corrected chi connectivity index (χ1v) is 11.7. The Balaban J connectivity index is 1.94. The van der Waals surface area contributed by atoms with Gasteiger partial charge in [-0.1, -0.05) is 64.5 Å². The van der Waals surface area contributed by atoms with Gasteiger partial charge in [0.1, 0.15) is 11.6 Å². The molecule has 5 heteroatoms. The molecular formula is C29H24BrF2NO. The predicted molar refractivity (Wildman–Crippen MR) is 136 cm³/mol. The molecular weight excluding hydrogens is 496 g/mol. The van der Waals surface area contributed by atoms with E-state index in [0.29, 0.717) is 17.9 Å². The van der Waals surface area contributed by atoms with Crippen LogP contribution in [0.2, 0.25) is 0 Å². The summed E-state index contributed by atoms with van der Waals surface area (Å²) in [6.45, 7) is 3.92. The molecule has 2 unspecified atom stereocenters. The molecule has 0 spiro atoms. The fourth-order valence-electron chi connectivity index (χ4n) is 4.39. The average Bonchev–Trinajstić information content (AvgIpc) is 2.84. The monoisotopic (exact) mass is 519 g/mol. The van der Waals surface area contributed by atoms with Gasteiger partial charge in [-0.05, 0) is 59.4 Å². The molecule has 0 aliphatic carbocycles. The number of rotatable bonds is 8. The molecule has 2 nitrogen and oxygen atoms in total. The van der Waals surface area contributed by atoms with Crippen LogP contribution in [0.25, 0.3) is 11.1 Å². The number of pyridine rings is 1. The molecule has 1 aromatic heterocycles. The zero-order valence-corrected chi connectivity index (χ0v) is 20.3. The Morgan fingerprint density at radius 2 is 1.59 bits per heavy atom. The number of halogens is 3. The van der Waals surface area contributed by atoms with Crippen LogP contribution in [0, 0.1) is 11.6 Å². The lowest BCUT2D eigenvalue weighted by atomic mass is 9.75. The zero-order chi connectivity index (χ0) is 24.1. The van der Waals surface area contributed by atoms with Crippen molar-refractivity contribution in [3.05, 3.63) is 131 Å². The first kappa shape index (κ1) is 23.8. The highest BCUT2D eigenvalue weighted by atomic mass is 79.9. The quantitative estimate of drug-likeness (QED) is 0.218. The van der Waals surface area contributed by atoms with E-state index in [1.54, 1.807) is 19.4 Å². The molecule has 172 valence electrons. The van der Waals surface area contributed by atoms with Crippen molar-refractivity contribution in [2.24, 2.45) is 0 Å². The van der Waals surface area contributed by atoms with Gasteiger partial charge in [-0.25, -0.2) is 13.8 Å². The molecule has 0 saturated heterocycles. The third-order valence-electron chi connectivity index (χ3n) is 5.88. The molecule has 34 heavy (non-hydrogen) atoms. The minimum absolute atomic E-state index is 0.279. The van der Waals surface area contributed by atoms with Gasteiger partial charge in [-0.3, -0.25) is 0 Å². The Bertz CT molecular complexity index is 1260. The number of methoxy groups -OCH3 is 1. The van der Waals surface area contributed by atoms with Crippen LogP contribution in [0.4, 0.5) is 8.78 Å². The summed E-state index contributed by atoms with van der Waals surface area (Å²) in [5, 5.41) is 0. The van der Waals surface area contributed by atoms with Crippen molar-refractivity contribution in [1.29, 1.82) is 0 Å². The minimum Gasteiger partial charge on any atom is -0.481 e. The minimum atomic E-state index is -0.607. The second kappa shape index (κ2) is 10.7. The average molecular weight is 520 g/mol.